The third-order valence-corrected chi connectivity index (χ3v) is 2.42. The van der Waals surface area contributed by atoms with E-state index in [1.54, 1.807) is 0 Å². The van der Waals surface area contributed by atoms with Crippen LogP contribution in [0.4, 0.5) is 0 Å². The first kappa shape index (κ1) is 11.7. The first-order valence-electron chi connectivity index (χ1n) is 5.48. The summed E-state index contributed by atoms with van der Waals surface area (Å²) in [5, 5.41) is 22.8. The number of benzene rings is 1. The minimum Gasteiger partial charge on any atom is -0.395 e. The number of nitrogens with zero attached hydrogens (tertiary/aromatic N) is 4. The lowest BCUT2D eigenvalue weighted by Crippen LogP contribution is -2.26. The second-order valence-corrected chi connectivity index (χ2v) is 3.75. The van der Waals surface area contributed by atoms with Crippen LogP contribution in [-0.2, 0) is 13.1 Å². The van der Waals surface area contributed by atoms with Crippen molar-refractivity contribution in [2.24, 2.45) is 0 Å². The zero-order valence-electron chi connectivity index (χ0n) is 9.45. The van der Waals surface area contributed by atoms with E-state index in [2.05, 4.69) is 37.7 Å². The zero-order chi connectivity index (χ0) is 11.9. The highest BCUT2D eigenvalue weighted by Crippen LogP contribution is 2.06. The van der Waals surface area contributed by atoms with Gasteiger partial charge in [0.25, 0.3) is 0 Å². The summed E-state index contributed by atoms with van der Waals surface area (Å²) in [5.41, 5.74) is 1.20. The van der Waals surface area contributed by atoms with Gasteiger partial charge in [-0.3, -0.25) is 4.90 Å². The molecule has 2 N–H and O–H groups in total. The smallest absolute Gasteiger partial charge is 0.188 e. The highest BCUT2D eigenvalue weighted by atomic mass is 16.3. The van der Waals surface area contributed by atoms with E-state index >= 15 is 0 Å². The molecule has 0 amide bonds. The Hall–Kier alpha value is -1.79. The lowest BCUT2D eigenvalue weighted by molar-refractivity contribution is 0.181. The second-order valence-electron chi connectivity index (χ2n) is 3.75. The van der Waals surface area contributed by atoms with E-state index < -0.39 is 0 Å². The summed E-state index contributed by atoms with van der Waals surface area (Å²) >= 11 is 0. The summed E-state index contributed by atoms with van der Waals surface area (Å²) < 4.78 is 0. The number of nitrogens with one attached hydrogen (secondary N) is 1. The van der Waals surface area contributed by atoms with Crippen LogP contribution in [0.2, 0.25) is 0 Å². The number of H-pyrrole nitrogens is 1. The number of hydrogen-bond acceptors (Lipinski definition) is 5. The van der Waals surface area contributed by atoms with Gasteiger partial charge in [-0.25, -0.2) is 0 Å². The van der Waals surface area contributed by atoms with Crippen LogP contribution in [0.15, 0.2) is 30.3 Å². The topological polar surface area (TPSA) is 77.9 Å². The van der Waals surface area contributed by atoms with Crippen LogP contribution >= 0.6 is 0 Å². The van der Waals surface area contributed by atoms with E-state index in [1.807, 2.05) is 18.2 Å². The van der Waals surface area contributed by atoms with E-state index in [0.717, 1.165) is 6.54 Å². The van der Waals surface area contributed by atoms with Crippen molar-refractivity contribution in [3.63, 3.8) is 0 Å². The van der Waals surface area contributed by atoms with Crippen molar-refractivity contribution in [2.45, 2.75) is 13.1 Å². The van der Waals surface area contributed by atoms with Gasteiger partial charge in [0.1, 0.15) is 0 Å². The molecule has 0 radical (unpaired) electrons. The molecule has 90 valence electrons. The van der Waals surface area contributed by atoms with Crippen molar-refractivity contribution in [1.82, 2.24) is 25.5 Å². The molecule has 0 aliphatic heterocycles. The molecule has 0 unspecified atom stereocenters. The van der Waals surface area contributed by atoms with E-state index in [9.17, 15) is 0 Å². The Kier molecular flexibility index (Phi) is 4.17. The maximum atomic E-state index is 9.04. The number of tetrazole rings is 1. The highest BCUT2D eigenvalue weighted by Gasteiger charge is 2.09. The number of rotatable bonds is 6. The standard InChI is InChI=1S/C11H15N5O/c17-7-6-16(9-11-12-14-15-13-11)8-10-4-2-1-3-5-10/h1-5,17H,6-9H2,(H,12,13,14,15). The molecule has 0 atom stereocenters. The van der Waals surface area contributed by atoms with E-state index in [1.165, 1.54) is 5.56 Å². The highest BCUT2D eigenvalue weighted by molar-refractivity contribution is 5.14. The Morgan fingerprint density at radius 1 is 1.18 bits per heavy atom. The lowest BCUT2D eigenvalue weighted by Gasteiger charge is -2.19. The fourth-order valence-electron chi connectivity index (χ4n) is 1.65. The normalized spacial score (nSPS) is 10.9. The van der Waals surface area contributed by atoms with Crippen LogP contribution < -0.4 is 0 Å². The molecule has 0 saturated heterocycles. The molecule has 0 bridgehead atoms. The molecule has 0 spiro atoms. The predicted molar refractivity (Wildman–Crippen MR) is 61.8 cm³/mol. The molecule has 1 aromatic carbocycles. The molecular weight excluding hydrogens is 218 g/mol. The minimum absolute atomic E-state index is 0.116. The third-order valence-electron chi connectivity index (χ3n) is 2.42. The third kappa shape index (κ3) is 3.61. The first-order valence-corrected chi connectivity index (χ1v) is 5.48. The summed E-state index contributed by atoms with van der Waals surface area (Å²) in [6.45, 7) is 2.04. The Labute approximate surface area is 99.3 Å². The van der Waals surface area contributed by atoms with Crippen molar-refractivity contribution in [3.8, 4) is 0 Å². The predicted octanol–water partition coefficient (Wildman–Crippen LogP) is 0.194. The van der Waals surface area contributed by atoms with Crippen LogP contribution in [-0.4, -0.2) is 43.8 Å². The van der Waals surface area contributed by atoms with Gasteiger partial charge in [0.05, 0.1) is 13.2 Å². The van der Waals surface area contributed by atoms with Crippen LogP contribution in [0.1, 0.15) is 11.4 Å². The fourth-order valence-corrected chi connectivity index (χ4v) is 1.65. The van der Waals surface area contributed by atoms with Crippen LogP contribution in [0.5, 0.6) is 0 Å². The average Bonchev–Trinajstić information content (AvgIpc) is 2.83. The largest absolute Gasteiger partial charge is 0.395 e. The Morgan fingerprint density at radius 2 is 2.00 bits per heavy atom. The van der Waals surface area contributed by atoms with Gasteiger partial charge in [-0.05, 0) is 5.56 Å². The van der Waals surface area contributed by atoms with Crippen molar-refractivity contribution in [3.05, 3.63) is 41.7 Å². The average molecular weight is 233 g/mol. The number of aliphatic hydroxyl groups is 1. The summed E-state index contributed by atoms with van der Waals surface area (Å²) in [6.07, 6.45) is 0. The molecular formula is C11H15N5O. The molecule has 1 aromatic heterocycles. The van der Waals surface area contributed by atoms with Crippen molar-refractivity contribution < 1.29 is 5.11 Å². The SMILES string of the molecule is OCCN(Cc1ccccc1)Cc1nn[nH]n1. The van der Waals surface area contributed by atoms with Gasteiger partial charge in [0, 0.05) is 13.1 Å². The van der Waals surface area contributed by atoms with Crippen LogP contribution in [0, 0.1) is 0 Å². The molecule has 0 aliphatic rings. The summed E-state index contributed by atoms with van der Waals surface area (Å²) in [7, 11) is 0. The number of aromatic nitrogens is 4. The minimum atomic E-state index is 0.116. The van der Waals surface area contributed by atoms with Gasteiger partial charge in [-0.2, -0.15) is 5.21 Å². The number of hydrogen-bond donors (Lipinski definition) is 2. The van der Waals surface area contributed by atoms with Crippen molar-refractivity contribution in [2.75, 3.05) is 13.2 Å². The van der Waals surface area contributed by atoms with Crippen molar-refractivity contribution >= 4 is 0 Å². The Bertz CT molecular complexity index is 417. The van der Waals surface area contributed by atoms with Gasteiger partial charge in [0.2, 0.25) is 0 Å². The summed E-state index contributed by atoms with van der Waals surface area (Å²) in [5.74, 6) is 0.634. The molecule has 2 rings (SSSR count). The van der Waals surface area contributed by atoms with E-state index in [0.29, 0.717) is 18.9 Å². The first-order chi connectivity index (χ1) is 8.38. The van der Waals surface area contributed by atoms with Gasteiger partial charge >= 0.3 is 0 Å². The molecule has 2 aromatic rings. The summed E-state index contributed by atoms with van der Waals surface area (Å²) in [4.78, 5) is 2.07. The molecule has 17 heavy (non-hydrogen) atoms. The Balaban J connectivity index is 1.97. The lowest BCUT2D eigenvalue weighted by atomic mass is 10.2. The quantitative estimate of drug-likeness (QED) is 0.745. The van der Waals surface area contributed by atoms with Crippen molar-refractivity contribution in [1.29, 1.82) is 0 Å². The molecule has 6 heteroatoms. The van der Waals surface area contributed by atoms with Gasteiger partial charge in [-0.15, -0.1) is 10.2 Å². The molecule has 6 nitrogen and oxygen atoms in total. The monoisotopic (exact) mass is 233 g/mol. The molecule has 0 fully saturated rings. The van der Waals surface area contributed by atoms with Gasteiger partial charge in [0.15, 0.2) is 5.82 Å². The van der Waals surface area contributed by atoms with E-state index in [4.69, 9.17) is 5.11 Å². The van der Waals surface area contributed by atoms with Gasteiger partial charge < -0.3 is 5.11 Å². The number of aromatic amines is 1. The van der Waals surface area contributed by atoms with E-state index in [-0.39, 0.29) is 6.61 Å². The maximum Gasteiger partial charge on any atom is 0.188 e. The second kappa shape index (κ2) is 6.07. The maximum absolute atomic E-state index is 9.04. The Morgan fingerprint density at radius 3 is 2.65 bits per heavy atom. The fraction of sp³-hybridized carbons (Fsp3) is 0.364. The van der Waals surface area contributed by atoms with Crippen LogP contribution in [0.25, 0.3) is 0 Å². The molecule has 0 aliphatic carbocycles. The number of aliphatic hydroxyl groups excluding tert-OH is 1. The van der Waals surface area contributed by atoms with Gasteiger partial charge in [-0.1, -0.05) is 35.5 Å². The van der Waals surface area contributed by atoms with Crippen LogP contribution in [0.3, 0.4) is 0 Å². The summed E-state index contributed by atoms with van der Waals surface area (Å²) in [6, 6.07) is 10.1. The zero-order valence-corrected chi connectivity index (χ0v) is 9.45. The molecule has 0 saturated carbocycles. The molecule has 1 heterocycles.